The highest BCUT2D eigenvalue weighted by molar-refractivity contribution is 5.26. The number of unbranched alkanes of at least 4 members (excludes halogenated alkanes) is 6. The Labute approximate surface area is 152 Å². The molecule has 1 fully saturated rings. The Bertz CT molecular complexity index is 491. The lowest BCUT2D eigenvalue weighted by Gasteiger charge is -2.27. The topological polar surface area (TPSA) is 0 Å². The molecule has 0 saturated heterocycles. The van der Waals surface area contributed by atoms with Gasteiger partial charge in [-0.1, -0.05) is 69.7 Å². The van der Waals surface area contributed by atoms with E-state index in [1.165, 1.54) is 62.5 Å². The van der Waals surface area contributed by atoms with Crippen LogP contribution in [0.2, 0.25) is 0 Å². The first kappa shape index (κ1) is 20.1. The average molecular weight is 349 g/mol. The number of hydrogen-bond donors (Lipinski definition) is 0. The summed E-state index contributed by atoms with van der Waals surface area (Å²) in [6, 6.07) is 9.10. The normalized spacial score (nSPS) is 20.4. The maximum atomic E-state index is 12.3. The predicted octanol–water partition coefficient (Wildman–Crippen LogP) is 8.03. The molecule has 2 rings (SSSR count). The van der Waals surface area contributed by atoms with Crippen LogP contribution in [-0.4, -0.2) is 0 Å². The molecule has 0 bridgehead atoms. The Balaban J connectivity index is 1.67. The van der Waals surface area contributed by atoms with Crippen LogP contribution in [0.15, 0.2) is 36.4 Å². The molecule has 0 spiro atoms. The van der Waals surface area contributed by atoms with E-state index in [0.717, 1.165) is 31.8 Å². The van der Waals surface area contributed by atoms with E-state index in [0.29, 0.717) is 5.92 Å². The van der Waals surface area contributed by atoms with Crippen LogP contribution in [0.3, 0.4) is 0 Å². The molecular weight excluding hydrogens is 314 g/mol. The highest BCUT2D eigenvalue weighted by atomic mass is 19.3. The Morgan fingerprint density at radius 1 is 0.880 bits per heavy atom. The zero-order chi connectivity index (χ0) is 17.9. The number of aryl methyl sites for hydroxylation is 1. The summed E-state index contributed by atoms with van der Waals surface area (Å²) in [4.78, 5) is 0. The molecule has 1 saturated carbocycles. The molecule has 1 aromatic rings. The molecule has 0 aromatic heterocycles. The molecule has 0 N–H and O–H groups in total. The third-order valence-electron chi connectivity index (χ3n) is 5.65. The summed E-state index contributed by atoms with van der Waals surface area (Å²) in [5.74, 6) is 0.637. The van der Waals surface area contributed by atoms with Gasteiger partial charge in [0.2, 0.25) is 0 Å². The van der Waals surface area contributed by atoms with Crippen LogP contribution in [-0.2, 0) is 6.42 Å². The van der Waals surface area contributed by atoms with Gasteiger partial charge in [0, 0.05) is 0 Å². The minimum Gasteiger partial charge on any atom is -0.174 e. The summed E-state index contributed by atoms with van der Waals surface area (Å²) in [6.07, 6.45) is 14.1. The van der Waals surface area contributed by atoms with Gasteiger partial charge < -0.3 is 0 Å². The van der Waals surface area contributed by atoms with Crippen LogP contribution < -0.4 is 0 Å². The van der Waals surface area contributed by atoms with Gasteiger partial charge in [0.05, 0.1) is 0 Å². The molecule has 0 heterocycles. The molecule has 1 aliphatic rings. The van der Waals surface area contributed by atoms with Crippen LogP contribution in [0, 0.1) is 5.92 Å². The number of halogens is 2. The van der Waals surface area contributed by atoms with Crippen molar-refractivity contribution >= 4 is 0 Å². The highest BCUT2D eigenvalue weighted by Crippen LogP contribution is 2.36. The van der Waals surface area contributed by atoms with Crippen molar-refractivity contribution in [2.45, 2.75) is 89.9 Å². The number of hydrogen-bond acceptors (Lipinski definition) is 0. The molecule has 0 atom stereocenters. The third kappa shape index (κ3) is 7.71. The van der Waals surface area contributed by atoms with Crippen molar-refractivity contribution in [3.05, 3.63) is 47.5 Å². The summed E-state index contributed by atoms with van der Waals surface area (Å²) in [7, 11) is 0. The Morgan fingerprint density at radius 3 is 2.08 bits per heavy atom. The predicted molar refractivity (Wildman–Crippen MR) is 103 cm³/mol. The van der Waals surface area contributed by atoms with Crippen LogP contribution in [0.25, 0.3) is 0 Å². The van der Waals surface area contributed by atoms with Gasteiger partial charge in [-0.15, -0.1) is 0 Å². The van der Waals surface area contributed by atoms with Gasteiger partial charge in [0.15, 0.2) is 0 Å². The van der Waals surface area contributed by atoms with Gasteiger partial charge in [-0.05, 0) is 67.6 Å². The first-order valence-corrected chi connectivity index (χ1v) is 10.3. The number of allylic oxidation sites excluding steroid dienone is 1. The monoisotopic (exact) mass is 348 g/mol. The standard InChI is InChI=1S/C23H34F2/c1-2-3-4-5-6-7-8-9-19-10-14-21(15-11-19)22-16-12-20(13-17-22)18-23(24)25/h10-11,14-15,18,20,22H,2-9,12-13,16-17H2,1H3/t20-,22-. The van der Waals surface area contributed by atoms with E-state index in [-0.39, 0.29) is 5.92 Å². The minimum absolute atomic E-state index is 0.0813. The molecule has 25 heavy (non-hydrogen) atoms. The summed E-state index contributed by atoms with van der Waals surface area (Å²) in [5, 5.41) is 0. The third-order valence-corrected chi connectivity index (χ3v) is 5.65. The Morgan fingerprint density at radius 2 is 1.48 bits per heavy atom. The summed E-state index contributed by atoms with van der Waals surface area (Å²) in [6.45, 7) is 2.26. The lowest BCUT2D eigenvalue weighted by atomic mass is 9.78. The van der Waals surface area contributed by atoms with Crippen molar-refractivity contribution in [2.75, 3.05) is 0 Å². The van der Waals surface area contributed by atoms with E-state index >= 15 is 0 Å². The molecule has 0 nitrogen and oxygen atoms in total. The molecule has 140 valence electrons. The number of benzene rings is 1. The molecular formula is C23H34F2. The fourth-order valence-electron chi connectivity index (χ4n) is 4.04. The maximum absolute atomic E-state index is 12.3. The fraction of sp³-hybridized carbons (Fsp3) is 0.652. The second-order valence-corrected chi connectivity index (χ2v) is 7.68. The van der Waals surface area contributed by atoms with E-state index in [1.807, 2.05) is 0 Å². The zero-order valence-electron chi connectivity index (χ0n) is 15.8. The van der Waals surface area contributed by atoms with E-state index in [4.69, 9.17) is 0 Å². The largest absolute Gasteiger partial charge is 0.266 e. The molecule has 0 radical (unpaired) electrons. The van der Waals surface area contributed by atoms with Gasteiger partial charge >= 0.3 is 0 Å². The first-order valence-electron chi connectivity index (χ1n) is 10.3. The van der Waals surface area contributed by atoms with Crippen molar-refractivity contribution in [2.24, 2.45) is 5.92 Å². The van der Waals surface area contributed by atoms with Crippen LogP contribution in [0.4, 0.5) is 8.78 Å². The van der Waals surface area contributed by atoms with E-state index in [1.54, 1.807) is 0 Å². The second kappa shape index (κ2) is 11.4. The van der Waals surface area contributed by atoms with E-state index in [9.17, 15) is 8.78 Å². The van der Waals surface area contributed by atoms with Gasteiger partial charge in [0.1, 0.15) is 0 Å². The quantitative estimate of drug-likeness (QED) is 0.375. The Hall–Kier alpha value is -1.18. The van der Waals surface area contributed by atoms with Crippen molar-refractivity contribution in [3.8, 4) is 0 Å². The van der Waals surface area contributed by atoms with Gasteiger partial charge in [-0.2, -0.15) is 8.78 Å². The van der Waals surface area contributed by atoms with Crippen molar-refractivity contribution < 1.29 is 8.78 Å². The molecule has 1 aliphatic carbocycles. The lowest BCUT2D eigenvalue weighted by Crippen LogP contribution is -2.11. The molecule has 1 aromatic carbocycles. The van der Waals surface area contributed by atoms with Gasteiger partial charge in [-0.25, -0.2) is 0 Å². The average Bonchev–Trinajstić information content (AvgIpc) is 2.62. The van der Waals surface area contributed by atoms with E-state index < -0.39 is 6.08 Å². The van der Waals surface area contributed by atoms with Gasteiger partial charge in [-0.3, -0.25) is 0 Å². The summed E-state index contributed by atoms with van der Waals surface area (Å²) in [5.41, 5.74) is 2.83. The smallest absolute Gasteiger partial charge is 0.174 e. The SMILES string of the molecule is CCCCCCCCCc1ccc([C@H]2CC[C@H](C=C(F)F)CC2)cc1. The fourth-order valence-corrected chi connectivity index (χ4v) is 4.04. The van der Waals surface area contributed by atoms with Crippen LogP contribution in [0.5, 0.6) is 0 Å². The van der Waals surface area contributed by atoms with Crippen molar-refractivity contribution in [1.29, 1.82) is 0 Å². The van der Waals surface area contributed by atoms with Crippen LogP contribution in [0.1, 0.15) is 94.6 Å². The lowest BCUT2D eigenvalue weighted by molar-refractivity contribution is 0.351. The van der Waals surface area contributed by atoms with Crippen molar-refractivity contribution in [1.82, 2.24) is 0 Å². The molecule has 0 unspecified atom stereocenters. The summed E-state index contributed by atoms with van der Waals surface area (Å²) >= 11 is 0. The molecule has 0 aliphatic heterocycles. The minimum atomic E-state index is -1.52. The highest BCUT2D eigenvalue weighted by Gasteiger charge is 2.21. The van der Waals surface area contributed by atoms with E-state index in [2.05, 4.69) is 31.2 Å². The summed E-state index contributed by atoms with van der Waals surface area (Å²) < 4.78 is 24.7. The zero-order valence-corrected chi connectivity index (χ0v) is 15.8. The number of rotatable bonds is 10. The van der Waals surface area contributed by atoms with Crippen LogP contribution >= 0.6 is 0 Å². The second-order valence-electron chi connectivity index (χ2n) is 7.68. The molecule has 2 heteroatoms. The first-order chi connectivity index (χ1) is 12.2. The van der Waals surface area contributed by atoms with Crippen molar-refractivity contribution in [3.63, 3.8) is 0 Å². The molecule has 0 amide bonds. The van der Waals surface area contributed by atoms with Gasteiger partial charge in [0.25, 0.3) is 6.08 Å². The Kier molecular flexibility index (Phi) is 9.21. The maximum Gasteiger partial charge on any atom is 0.266 e.